The summed E-state index contributed by atoms with van der Waals surface area (Å²) in [6, 6.07) is 5.80. The molecule has 0 saturated carbocycles. The molecule has 0 aliphatic carbocycles. The molecule has 3 nitrogen and oxygen atoms in total. The summed E-state index contributed by atoms with van der Waals surface area (Å²) in [4.78, 5) is 13.8. The second-order valence-electron chi connectivity index (χ2n) is 4.21. The Morgan fingerprint density at radius 2 is 1.50 bits per heavy atom. The summed E-state index contributed by atoms with van der Waals surface area (Å²) in [5.74, 6) is -0.225. The fourth-order valence-corrected chi connectivity index (χ4v) is 1.53. The van der Waals surface area contributed by atoms with Gasteiger partial charge in [-0.15, -0.1) is 0 Å². The predicted molar refractivity (Wildman–Crippen MR) is 87.4 cm³/mol. The average molecular weight is 281 g/mol. The number of aryl methyl sites for hydroxylation is 2. The van der Waals surface area contributed by atoms with Gasteiger partial charge < -0.3 is 9.64 Å². The Labute approximate surface area is 124 Å². The highest BCUT2D eigenvalue weighted by Crippen LogP contribution is 2.14. The van der Waals surface area contributed by atoms with Gasteiger partial charge in [-0.2, -0.15) is 0 Å². The van der Waals surface area contributed by atoms with Crippen LogP contribution in [0.4, 0.5) is 0 Å². The van der Waals surface area contributed by atoms with Gasteiger partial charge in [0.1, 0.15) is 6.61 Å². The van der Waals surface area contributed by atoms with Crippen molar-refractivity contribution >= 4 is 5.97 Å². The van der Waals surface area contributed by atoms with Crippen LogP contribution in [-0.4, -0.2) is 38.1 Å². The molecule has 0 aliphatic rings. The molecular formula is C17H31NO2. The number of hydrogen-bond donors (Lipinski definition) is 0. The molecule has 20 heavy (non-hydrogen) atoms. The summed E-state index contributed by atoms with van der Waals surface area (Å²) < 4.78 is 5.22. The van der Waals surface area contributed by atoms with E-state index in [1.807, 2.05) is 78.7 Å². The van der Waals surface area contributed by atoms with Gasteiger partial charge in [0.05, 0.1) is 5.56 Å². The third-order valence-electron chi connectivity index (χ3n) is 2.46. The molecule has 0 heterocycles. The fourth-order valence-electron chi connectivity index (χ4n) is 1.53. The molecule has 0 N–H and O–H groups in total. The van der Waals surface area contributed by atoms with E-state index in [1.165, 1.54) is 0 Å². The van der Waals surface area contributed by atoms with Crippen LogP contribution in [0.2, 0.25) is 0 Å². The normalized spacial score (nSPS) is 9.05. The van der Waals surface area contributed by atoms with Gasteiger partial charge in [-0.05, 0) is 39.1 Å². The molecule has 1 aromatic carbocycles. The molecule has 0 saturated heterocycles. The molecule has 0 aliphatic heterocycles. The number of esters is 1. The zero-order valence-electron chi connectivity index (χ0n) is 14.4. The SMILES string of the molecule is CC.CC.Cc1cccc(C)c1C(=O)OCCN(C)C. The molecule has 0 radical (unpaired) electrons. The van der Waals surface area contributed by atoms with E-state index in [0.717, 1.165) is 17.7 Å². The van der Waals surface area contributed by atoms with E-state index in [-0.39, 0.29) is 5.97 Å². The number of carbonyl (C=O) groups excluding carboxylic acids is 1. The monoisotopic (exact) mass is 281 g/mol. The molecule has 0 bridgehead atoms. The van der Waals surface area contributed by atoms with E-state index in [2.05, 4.69) is 0 Å². The van der Waals surface area contributed by atoms with Crippen LogP contribution in [0.25, 0.3) is 0 Å². The Balaban J connectivity index is 0. The molecule has 3 heteroatoms. The fraction of sp³-hybridized carbons (Fsp3) is 0.588. The molecule has 1 aromatic rings. The first kappa shape index (κ1) is 21.0. The lowest BCUT2D eigenvalue weighted by Crippen LogP contribution is -2.20. The van der Waals surface area contributed by atoms with Crippen LogP contribution in [0.15, 0.2) is 18.2 Å². The number of ether oxygens (including phenoxy) is 1. The Morgan fingerprint density at radius 3 is 1.90 bits per heavy atom. The minimum Gasteiger partial charge on any atom is -0.461 e. The second-order valence-corrected chi connectivity index (χ2v) is 4.21. The lowest BCUT2D eigenvalue weighted by Gasteiger charge is -2.12. The molecule has 0 aromatic heterocycles. The Kier molecular flexibility index (Phi) is 13.3. The van der Waals surface area contributed by atoms with Crippen molar-refractivity contribution in [2.24, 2.45) is 0 Å². The Bertz CT molecular complexity index is 353. The maximum absolute atomic E-state index is 11.8. The van der Waals surface area contributed by atoms with Crippen molar-refractivity contribution in [1.82, 2.24) is 4.90 Å². The highest BCUT2D eigenvalue weighted by atomic mass is 16.5. The summed E-state index contributed by atoms with van der Waals surface area (Å²) in [5.41, 5.74) is 2.63. The van der Waals surface area contributed by atoms with Gasteiger partial charge in [-0.3, -0.25) is 0 Å². The van der Waals surface area contributed by atoms with Crippen molar-refractivity contribution in [3.05, 3.63) is 34.9 Å². The summed E-state index contributed by atoms with van der Waals surface area (Å²) in [6.45, 7) is 13.0. The standard InChI is InChI=1S/C13H19NO2.2C2H6/c1-10-6-5-7-11(2)12(10)13(15)16-9-8-14(3)4;2*1-2/h5-7H,8-9H2,1-4H3;2*1-2H3. The van der Waals surface area contributed by atoms with Crippen molar-refractivity contribution in [1.29, 1.82) is 0 Å². The number of rotatable bonds is 4. The Morgan fingerprint density at radius 1 is 1.05 bits per heavy atom. The number of likely N-dealkylation sites (N-methyl/N-ethyl adjacent to an activating group) is 1. The number of hydrogen-bond acceptors (Lipinski definition) is 3. The minimum absolute atomic E-state index is 0.225. The maximum atomic E-state index is 11.8. The van der Waals surface area contributed by atoms with Crippen LogP contribution in [0.3, 0.4) is 0 Å². The lowest BCUT2D eigenvalue weighted by atomic mass is 10.0. The molecule has 0 atom stereocenters. The topological polar surface area (TPSA) is 29.5 Å². The molecule has 0 amide bonds. The van der Waals surface area contributed by atoms with Crippen molar-refractivity contribution in [2.75, 3.05) is 27.2 Å². The van der Waals surface area contributed by atoms with Gasteiger partial charge in [0.2, 0.25) is 0 Å². The van der Waals surface area contributed by atoms with E-state index in [4.69, 9.17) is 4.74 Å². The quantitative estimate of drug-likeness (QED) is 0.779. The number of benzene rings is 1. The largest absolute Gasteiger partial charge is 0.461 e. The zero-order valence-corrected chi connectivity index (χ0v) is 14.4. The van der Waals surface area contributed by atoms with E-state index in [1.54, 1.807) is 0 Å². The zero-order chi connectivity index (χ0) is 16.1. The molecule has 1 rings (SSSR count). The smallest absolute Gasteiger partial charge is 0.338 e. The van der Waals surface area contributed by atoms with Crippen LogP contribution >= 0.6 is 0 Å². The summed E-state index contributed by atoms with van der Waals surface area (Å²) in [7, 11) is 3.90. The van der Waals surface area contributed by atoms with Gasteiger partial charge in [-0.1, -0.05) is 45.9 Å². The van der Waals surface area contributed by atoms with Crippen molar-refractivity contribution in [2.45, 2.75) is 41.5 Å². The van der Waals surface area contributed by atoms with Gasteiger partial charge in [0.15, 0.2) is 0 Å². The maximum Gasteiger partial charge on any atom is 0.338 e. The van der Waals surface area contributed by atoms with Gasteiger partial charge in [-0.25, -0.2) is 4.79 Å². The first-order valence-electron chi connectivity index (χ1n) is 7.40. The second kappa shape index (κ2) is 12.7. The first-order valence-corrected chi connectivity index (χ1v) is 7.40. The van der Waals surface area contributed by atoms with E-state index in [9.17, 15) is 4.79 Å². The molecule has 0 spiro atoms. The van der Waals surface area contributed by atoms with Gasteiger partial charge in [0, 0.05) is 6.54 Å². The van der Waals surface area contributed by atoms with E-state index < -0.39 is 0 Å². The minimum atomic E-state index is -0.225. The highest BCUT2D eigenvalue weighted by molar-refractivity contribution is 5.92. The highest BCUT2D eigenvalue weighted by Gasteiger charge is 2.12. The van der Waals surface area contributed by atoms with Crippen LogP contribution < -0.4 is 0 Å². The van der Waals surface area contributed by atoms with Gasteiger partial charge in [0.25, 0.3) is 0 Å². The summed E-state index contributed by atoms with van der Waals surface area (Å²) >= 11 is 0. The molecule has 116 valence electrons. The molecular weight excluding hydrogens is 250 g/mol. The number of nitrogens with zero attached hydrogens (tertiary/aromatic N) is 1. The third kappa shape index (κ3) is 7.95. The predicted octanol–water partition coefficient (Wildman–Crippen LogP) is 4.07. The Hall–Kier alpha value is -1.35. The van der Waals surface area contributed by atoms with Crippen LogP contribution in [0.1, 0.15) is 49.2 Å². The summed E-state index contributed by atoms with van der Waals surface area (Å²) in [6.07, 6.45) is 0. The van der Waals surface area contributed by atoms with E-state index in [0.29, 0.717) is 12.2 Å². The van der Waals surface area contributed by atoms with Crippen molar-refractivity contribution in [3.63, 3.8) is 0 Å². The molecule has 0 fully saturated rings. The van der Waals surface area contributed by atoms with E-state index >= 15 is 0 Å². The van der Waals surface area contributed by atoms with Gasteiger partial charge >= 0.3 is 5.97 Å². The first-order chi connectivity index (χ1) is 9.52. The average Bonchev–Trinajstić information content (AvgIpc) is 2.42. The summed E-state index contributed by atoms with van der Waals surface area (Å²) in [5, 5.41) is 0. The molecule has 0 unspecified atom stereocenters. The van der Waals surface area contributed by atoms with Crippen LogP contribution in [0, 0.1) is 13.8 Å². The van der Waals surface area contributed by atoms with Crippen LogP contribution in [0.5, 0.6) is 0 Å². The number of carbonyl (C=O) groups is 1. The van der Waals surface area contributed by atoms with Crippen LogP contribution in [-0.2, 0) is 4.74 Å². The van der Waals surface area contributed by atoms with Crippen molar-refractivity contribution < 1.29 is 9.53 Å². The lowest BCUT2D eigenvalue weighted by molar-refractivity contribution is 0.0480. The third-order valence-corrected chi connectivity index (χ3v) is 2.46. The van der Waals surface area contributed by atoms with Crippen molar-refractivity contribution in [3.8, 4) is 0 Å².